The Kier molecular flexibility index (Phi) is 5.35. The van der Waals surface area contributed by atoms with Crippen molar-refractivity contribution in [3.63, 3.8) is 0 Å². The molecular weight excluding hydrogens is 427 g/mol. The lowest BCUT2D eigenvalue weighted by Crippen LogP contribution is -2.18. The highest BCUT2D eigenvalue weighted by atomic mass is 32.2. The molecule has 0 bridgehead atoms. The van der Waals surface area contributed by atoms with Gasteiger partial charge in [-0.15, -0.1) is 10.2 Å². The first-order chi connectivity index (χ1) is 14.3. The second-order valence-electron chi connectivity index (χ2n) is 6.70. The van der Waals surface area contributed by atoms with Gasteiger partial charge in [0.15, 0.2) is 9.84 Å². The largest absolute Gasteiger partial charge is 0.337 e. The van der Waals surface area contributed by atoms with E-state index >= 15 is 0 Å². The van der Waals surface area contributed by atoms with E-state index in [1.807, 2.05) is 0 Å². The van der Waals surface area contributed by atoms with Crippen LogP contribution in [0.5, 0.6) is 0 Å². The van der Waals surface area contributed by atoms with Crippen LogP contribution < -0.4 is 5.32 Å². The van der Waals surface area contributed by atoms with Crippen LogP contribution in [-0.2, 0) is 26.9 Å². The molecule has 10 heteroatoms. The van der Waals surface area contributed by atoms with Gasteiger partial charge in [0.2, 0.25) is 11.0 Å². The van der Waals surface area contributed by atoms with E-state index in [1.165, 1.54) is 41.8 Å². The molecule has 1 N–H and O–H groups in total. The summed E-state index contributed by atoms with van der Waals surface area (Å²) in [5.41, 5.74) is 1.11. The zero-order valence-electron chi connectivity index (χ0n) is 15.9. The number of hydrogen-bond acceptors (Lipinski definition) is 6. The quantitative estimate of drug-likeness (QED) is 0.491. The van der Waals surface area contributed by atoms with Gasteiger partial charge in [-0.2, -0.15) is 0 Å². The van der Waals surface area contributed by atoms with Crippen molar-refractivity contribution in [3.8, 4) is 0 Å². The van der Waals surface area contributed by atoms with Crippen LogP contribution in [0.3, 0.4) is 0 Å². The van der Waals surface area contributed by atoms with Crippen LogP contribution in [0, 0.1) is 12.7 Å². The fourth-order valence-electron chi connectivity index (χ4n) is 3.13. The molecule has 0 aliphatic heterocycles. The maximum absolute atomic E-state index is 13.1. The van der Waals surface area contributed by atoms with Gasteiger partial charge < -0.3 is 4.57 Å². The van der Waals surface area contributed by atoms with E-state index in [0.717, 1.165) is 5.01 Å². The van der Waals surface area contributed by atoms with Crippen LogP contribution >= 0.6 is 11.3 Å². The predicted octanol–water partition coefficient (Wildman–Crippen LogP) is 3.55. The lowest BCUT2D eigenvalue weighted by atomic mass is 10.2. The molecule has 1 amide bonds. The van der Waals surface area contributed by atoms with Crippen molar-refractivity contribution < 1.29 is 17.6 Å². The van der Waals surface area contributed by atoms with Gasteiger partial charge >= 0.3 is 0 Å². The number of anilines is 1. The Morgan fingerprint density at radius 1 is 1.13 bits per heavy atom. The van der Waals surface area contributed by atoms with Crippen molar-refractivity contribution in [1.82, 2.24) is 14.8 Å². The molecule has 0 fully saturated rings. The molecule has 30 heavy (non-hydrogen) atoms. The Bertz CT molecular complexity index is 1330. The first-order valence-electron chi connectivity index (χ1n) is 8.97. The number of carbonyl (C=O) groups is 1. The number of para-hydroxylation sites is 1. The smallest absolute Gasteiger partial charge is 0.246 e. The number of nitrogens with zero attached hydrogens (tertiary/aromatic N) is 3. The summed E-state index contributed by atoms with van der Waals surface area (Å²) in [5.74, 6) is -1.03. The maximum Gasteiger partial charge on any atom is 0.246 e. The third-order valence-electron chi connectivity index (χ3n) is 4.44. The molecule has 0 saturated heterocycles. The lowest BCUT2D eigenvalue weighted by molar-refractivity contribution is -0.116. The number of aryl methyl sites for hydroxylation is 1. The lowest BCUT2D eigenvalue weighted by Gasteiger charge is -2.04. The molecule has 0 saturated carbocycles. The predicted molar refractivity (Wildman–Crippen MR) is 113 cm³/mol. The van der Waals surface area contributed by atoms with E-state index in [9.17, 15) is 17.6 Å². The number of amides is 1. The van der Waals surface area contributed by atoms with Gasteiger partial charge in [-0.25, -0.2) is 12.8 Å². The first kappa shape index (κ1) is 20.2. The number of benzene rings is 2. The number of rotatable bonds is 6. The number of fused-ring (bicyclic) bond motifs is 1. The number of nitrogens with one attached hydrogen (secondary N) is 1. The normalized spacial score (nSPS) is 11.7. The van der Waals surface area contributed by atoms with E-state index in [2.05, 4.69) is 15.5 Å². The molecule has 0 aliphatic carbocycles. The summed E-state index contributed by atoms with van der Waals surface area (Å²) >= 11 is 1.26. The minimum absolute atomic E-state index is 0.0782. The Hall–Kier alpha value is -3.11. The molecule has 2 heterocycles. The number of aromatic nitrogens is 3. The summed E-state index contributed by atoms with van der Waals surface area (Å²) in [6.07, 6.45) is 1.47. The standard InChI is InChI=1S/C20H17FN4O3S2/c1-13-23-24-20(29-13)22-19(26)11-25-10-18(16-4-2-3-5-17(16)25)30(27,28)12-14-6-8-15(21)9-7-14/h2-10H,11-12H2,1H3,(H,22,24,26). The van der Waals surface area contributed by atoms with Crippen LogP contribution in [0.25, 0.3) is 10.9 Å². The molecule has 2 aromatic carbocycles. The molecule has 0 unspecified atom stereocenters. The molecule has 0 aliphatic rings. The van der Waals surface area contributed by atoms with E-state index < -0.39 is 15.7 Å². The van der Waals surface area contributed by atoms with E-state index in [-0.39, 0.29) is 23.1 Å². The van der Waals surface area contributed by atoms with E-state index in [0.29, 0.717) is 21.6 Å². The highest BCUT2D eigenvalue weighted by Gasteiger charge is 2.22. The summed E-state index contributed by atoms with van der Waals surface area (Å²) in [5, 5.41) is 12.0. The fourth-order valence-corrected chi connectivity index (χ4v) is 5.32. The van der Waals surface area contributed by atoms with Crippen molar-refractivity contribution in [2.75, 3.05) is 5.32 Å². The van der Waals surface area contributed by atoms with Crippen LogP contribution in [0.15, 0.2) is 59.6 Å². The van der Waals surface area contributed by atoms with Crippen molar-refractivity contribution >= 4 is 43.1 Å². The summed E-state index contributed by atoms with van der Waals surface area (Å²) in [7, 11) is -3.72. The van der Waals surface area contributed by atoms with Crippen molar-refractivity contribution in [2.45, 2.75) is 24.1 Å². The maximum atomic E-state index is 13.1. The van der Waals surface area contributed by atoms with Crippen LogP contribution in [0.4, 0.5) is 9.52 Å². The summed E-state index contributed by atoms with van der Waals surface area (Å²) in [6.45, 7) is 1.70. The van der Waals surface area contributed by atoms with Crippen LogP contribution in [-0.4, -0.2) is 29.1 Å². The summed E-state index contributed by atoms with van der Waals surface area (Å²) in [4.78, 5) is 12.6. The first-order valence-corrected chi connectivity index (χ1v) is 11.4. The number of sulfone groups is 1. The fraction of sp³-hybridized carbons (Fsp3) is 0.150. The van der Waals surface area contributed by atoms with Gasteiger partial charge in [-0.3, -0.25) is 10.1 Å². The van der Waals surface area contributed by atoms with Gasteiger partial charge in [0.25, 0.3) is 0 Å². The molecule has 0 spiro atoms. The number of halogens is 1. The Labute approximate surface area is 176 Å². The molecular formula is C20H17FN4O3S2. The average molecular weight is 445 g/mol. The molecule has 4 aromatic rings. The monoisotopic (exact) mass is 444 g/mol. The third-order valence-corrected chi connectivity index (χ3v) is 6.91. The van der Waals surface area contributed by atoms with Gasteiger partial charge in [0.05, 0.1) is 10.6 Å². The summed E-state index contributed by atoms with van der Waals surface area (Å²) in [6, 6.07) is 12.3. The highest BCUT2D eigenvalue weighted by Crippen LogP contribution is 2.28. The third kappa shape index (κ3) is 4.24. The van der Waals surface area contributed by atoms with E-state index in [1.54, 1.807) is 35.8 Å². The molecule has 0 atom stereocenters. The minimum atomic E-state index is -3.72. The van der Waals surface area contributed by atoms with Crippen molar-refractivity contribution in [1.29, 1.82) is 0 Å². The van der Waals surface area contributed by atoms with E-state index in [4.69, 9.17) is 0 Å². The SMILES string of the molecule is Cc1nnc(NC(=O)Cn2cc(S(=O)(=O)Cc3ccc(F)cc3)c3ccccc32)s1. The van der Waals surface area contributed by atoms with Gasteiger partial charge in [-0.05, 0) is 30.7 Å². The highest BCUT2D eigenvalue weighted by molar-refractivity contribution is 7.90. The molecule has 0 radical (unpaired) electrons. The zero-order chi connectivity index (χ0) is 21.3. The Morgan fingerprint density at radius 3 is 2.57 bits per heavy atom. The second-order valence-corrected chi connectivity index (χ2v) is 9.84. The van der Waals surface area contributed by atoms with Crippen molar-refractivity contribution in [2.24, 2.45) is 0 Å². The molecule has 154 valence electrons. The summed E-state index contributed by atoms with van der Waals surface area (Å²) < 4.78 is 40.9. The molecule has 7 nitrogen and oxygen atoms in total. The zero-order valence-corrected chi connectivity index (χ0v) is 17.5. The molecule has 2 aromatic heterocycles. The van der Waals surface area contributed by atoms with Gasteiger partial charge in [-0.1, -0.05) is 41.7 Å². The van der Waals surface area contributed by atoms with Crippen LogP contribution in [0.2, 0.25) is 0 Å². The van der Waals surface area contributed by atoms with Crippen LogP contribution in [0.1, 0.15) is 10.6 Å². The van der Waals surface area contributed by atoms with Gasteiger partial charge in [0, 0.05) is 17.1 Å². The Balaban J connectivity index is 1.64. The minimum Gasteiger partial charge on any atom is -0.337 e. The van der Waals surface area contributed by atoms with Gasteiger partial charge in [0.1, 0.15) is 17.4 Å². The average Bonchev–Trinajstić information content (AvgIpc) is 3.27. The Morgan fingerprint density at radius 2 is 1.87 bits per heavy atom. The topological polar surface area (TPSA) is 93.9 Å². The van der Waals surface area contributed by atoms with Crippen molar-refractivity contribution in [3.05, 3.63) is 71.1 Å². The molecule has 4 rings (SSSR count). The number of hydrogen-bond donors (Lipinski definition) is 1. The second kappa shape index (κ2) is 7.96. The number of carbonyl (C=O) groups excluding carboxylic acids is 1.